The van der Waals surface area contributed by atoms with Gasteiger partial charge in [-0.25, -0.2) is 13.1 Å². The Morgan fingerprint density at radius 1 is 1.12 bits per heavy atom. The Balaban J connectivity index is 2.39. The highest BCUT2D eigenvalue weighted by Gasteiger charge is 2.13. The Morgan fingerprint density at radius 3 is 2.46 bits per heavy atom. The summed E-state index contributed by atoms with van der Waals surface area (Å²) in [6.07, 6.45) is 1.42. The van der Waals surface area contributed by atoms with Crippen LogP contribution in [0.4, 0.5) is 0 Å². The van der Waals surface area contributed by atoms with Crippen LogP contribution in [0.1, 0.15) is 26.2 Å². The highest BCUT2D eigenvalue weighted by Crippen LogP contribution is 2.16. The quantitative estimate of drug-likeness (QED) is 0.451. The van der Waals surface area contributed by atoms with Crippen molar-refractivity contribution in [1.29, 1.82) is 0 Å². The molecule has 0 unspecified atom stereocenters. The number of hydrogen-bond acceptors (Lipinski definition) is 6. The first-order valence-electron chi connectivity index (χ1n) is 7.86. The van der Waals surface area contributed by atoms with Gasteiger partial charge in [-0.3, -0.25) is 4.79 Å². The molecule has 0 aromatic heterocycles. The molecule has 8 heteroatoms. The summed E-state index contributed by atoms with van der Waals surface area (Å²) in [5, 5.41) is 0. The molecule has 1 rings (SSSR count). The minimum absolute atomic E-state index is 0.174. The second-order valence-corrected chi connectivity index (χ2v) is 6.71. The van der Waals surface area contributed by atoms with Gasteiger partial charge in [-0.1, -0.05) is 0 Å². The zero-order valence-electron chi connectivity index (χ0n) is 14.1. The van der Waals surface area contributed by atoms with Crippen molar-refractivity contribution in [3.05, 3.63) is 24.3 Å². The normalized spacial score (nSPS) is 11.2. The molecule has 0 aliphatic carbocycles. The van der Waals surface area contributed by atoms with Crippen LogP contribution >= 0.6 is 0 Å². The summed E-state index contributed by atoms with van der Waals surface area (Å²) in [5.74, 6) is 0.296. The van der Waals surface area contributed by atoms with Gasteiger partial charge in [0.15, 0.2) is 0 Å². The van der Waals surface area contributed by atoms with E-state index in [1.54, 1.807) is 12.1 Å². The van der Waals surface area contributed by atoms with Gasteiger partial charge in [-0.2, -0.15) is 0 Å². The molecule has 0 aliphatic heterocycles. The molecular weight excluding hydrogens is 334 g/mol. The Kier molecular flexibility index (Phi) is 9.36. The molecule has 136 valence electrons. The van der Waals surface area contributed by atoms with Gasteiger partial charge in [0.2, 0.25) is 10.0 Å². The SMILES string of the molecule is CCOCCOc1ccc(S(=O)(=O)NCCCCC(=O)OC)cc1. The first-order chi connectivity index (χ1) is 11.5. The highest BCUT2D eigenvalue weighted by atomic mass is 32.2. The molecule has 7 nitrogen and oxygen atoms in total. The van der Waals surface area contributed by atoms with Gasteiger partial charge in [0.05, 0.1) is 18.6 Å². The van der Waals surface area contributed by atoms with Crippen LogP contribution in [0.25, 0.3) is 0 Å². The molecule has 1 aromatic carbocycles. The molecule has 0 saturated heterocycles. The molecule has 0 saturated carbocycles. The number of hydrogen-bond donors (Lipinski definition) is 1. The van der Waals surface area contributed by atoms with Gasteiger partial charge in [0.25, 0.3) is 0 Å². The van der Waals surface area contributed by atoms with Crippen LogP contribution in [-0.4, -0.2) is 47.9 Å². The van der Waals surface area contributed by atoms with Crippen molar-refractivity contribution in [3.8, 4) is 5.75 Å². The third kappa shape index (κ3) is 7.76. The lowest BCUT2D eigenvalue weighted by molar-refractivity contribution is -0.140. The molecule has 0 spiro atoms. The summed E-state index contributed by atoms with van der Waals surface area (Å²) in [6, 6.07) is 6.20. The van der Waals surface area contributed by atoms with Crippen molar-refractivity contribution in [2.45, 2.75) is 31.1 Å². The smallest absolute Gasteiger partial charge is 0.305 e. The first-order valence-corrected chi connectivity index (χ1v) is 9.35. The van der Waals surface area contributed by atoms with Crippen LogP contribution < -0.4 is 9.46 Å². The predicted octanol–water partition coefficient (Wildman–Crippen LogP) is 1.72. The number of carbonyl (C=O) groups excluding carboxylic acids is 1. The number of esters is 1. The zero-order chi connectivity index (χ0) is 17.8. The minimum Gasteiger partial charge on any atom is -0.491 e. The van der Waals surface area contributed by atoms with Crippen LogP contribution in [0.3, 0.4) is 0 Å². The van der Waals surface area contributed by atoms with Crippen molar-refractivity contribution in [3.63, 3.8) is 0 Å². The molecule has 0 bridgehead atoms. The fourth-order valence-electron chi connectivity index (χ4n) is 1.86. The summed E-state index contributed by atoms with van der Waals surface area (Å²) < 4.78 is 41.9. The molecular formula is C16H25NO6S. The first kappa shape index (κ1) is 20.4. The van der Waals surface area contributed by atoms with Gasteiger partial charge >= 0.3 is 5.97 Å². The largest absolute Gasteiger partial charge is 0.491 e. The minimum atomic E-state index is -3.56. The Labute approximate surface area is 143 Å². The van der Waals surface area contributed by atoms with E-state index in [4.69, 9.17) is 9.47 Å². The molecule has 0 atom stereocenters. The lowest BCUT2D eigenvalue weighted by atomic mass is 10.2. The summed E-state index contributed by atoms with van der Waals surface area (Å²) in [7, 11) is -2.23. The maximum absolute atomic E-state index is 12.1. The van der Waals surface area contributed by atoms with Crippen molar-refractivity contribution in [2.24, 2.45) is 0 Å². The van der Waals surface area contributed by atoms with Crippen LogP contribution in [0, 0.1) is 0 Å². The molecule has 0 radical (unpaired) electrons. The number of carbonyl (C=O) groups is 1. The van der Waals surface area contributed by atoms with Crippen molar-refractivity contribution in [2.75, 3.05) is 33.5 Å². The number of sulfonamides is 1. The van der Waals surface area contributed by atoms with E-state index in [0.717, 1.165) is 0 Å². The lowest BCUT2D eigenvalue weighted by Crippen LogP contribution is -2.24. The number of methoxy groups -OCH3 is 1. The summed E-state index contributed by atoms with van der Waals surface area (Å²) in [6.45, 7) is 3.71. The second-order valence-electron chi connectivity index (χ2n) is 4.95. The molecule has 0 aliphatic rings. The monoisotopic (exact) mass is 359 g/mol. The Morgan fingerprint density at radius 2 is 1.83 bits per heavy atom. The average Bonchev–Trinajstić information content (AvgIpc) is 2.58. The maximum Gasteiger partial charge on any atom is 0.305 e. The highest BCUT2D eigenvalue weighted by molar-refractivity contribution is 7.89. The number of unbranched alkanes of at least 4 members (excludes halogenated alkanes) is 1. The number of nitrogens with one attached hydrogen (secondary N) is 1. The van der Waals surface area contributed by atoms with Crippen LogP contribution in [-0.2, 0) is 24.3 Å². The van der Waals surface area contributed by atoms with E-state index >= 15 is 0 Å². The van der Waals surface area contributed by atoms with Gasteiger partial charge in [-0.15, -0.1) is 0 Å². The third-order valence-corrected chi connectivity index (χ3v) is 4.64. The van der Waals surface area contributed by atoms with Gasteiger partial charge in [-0.05, 0) is 44.0 Å². The summed E-state index contributed by atoms with van der Waals surface area (Å²) >= 11 is 0. The molecule has 1 aromatic rings. The molecule has 1 N–H and O–H groups in total. The molecule has 0 amide bonds. The van der Waals surface area contributed by atoms with E-state index in [1.165, 1.54) is 19.2 Å². The van der Waals surface area contributed by atoms with Crippen molar-refractivity contribution >= 4 is 16.0 Å². The van der Waals surface area contributed by atoms with Gasteiger partial charge < -0.3 is 14.2 Å². The van der Waals surface area contributed by atoms with Crippen LogP contribution in [0.5, 0.6) is 5.75 Å². The number of rotatable bonds is 12. The Bertz CT molecular complexity index is 585. The van der Waals surface area contributed by atoms with E-state index in [-0.39, 0.29) is 23.8 Å². The Hall–Kier alpha value is -1.64. The fourth-order valence-corrected chi connectivity index (χ4v) is 2.94. The van der Waals surface area contributed by atoms with Crippen LogP contribution in [0.2, 0.25) is 0 Å². The maximum atomic E-state index is 12.1. The molecule has 0 fully saturated rings. The van der Waals surface area contributed by atoms with Gasteiger partial charge in [0.1, 0.15) is 12.4 Å². The van der Waals surface area contributed by atoms with E-state index < -0.39 is 10.0 Å². The van der Waals surface area contributed by atoms with E-state index in [2.05, 4.69) is 9.46 Å². The van der Waals surface area contributed by atoms with Crippen LogP contribution in [0.15, 0.2) is 29.2 Å². The third-order valence-electron chi connectivity index (χ3n) is 3.16. The van der Waals surface area contributed by atoms with Crippen molar-refractivity contribution in [1.82, 2.24) is 4.72 Å². The fraction of sp³-hybridized carbons (Fsp3) is 0.562. The van der Waals surface area contributed by atoms with Gasteiger partial charge in [0, 0.05) is 19.6 Å². The van der Waals surface area contributed by atoms with E-state index in [0.29, 0.717) is 38.4 Å². The molecule has 24 heavy (non-hydrogen) atoms. The molecule has 0 heterocycles. The van der Waals surface area contributed by atoms with Crippen molar-refractivity contribution < 1.29 is 27.4 Å². The zero-order valence-corrected chi connectivity index (χ0v) is 14.9. The number of benzene rings is 1. The second kappa shape index (κ2) is 11.0. The average molecular weight is 359 g/mol. The summed E-state index contributed by atoms with van der Waals surface area (Å²) in [5.41, 5.74) is 0. The number of ether oxygens (including phenoxy) is 3. The lowest BCUT2D eigenvalue weighted by Gasteiger charge is -2.09. The van der Waals surface area contributed by atoms with E-state index in [1.807, 2.05) is 6.92 Å². The topological polar surface area (TPSA) is 90.9 Å². The van der Waals surface area contributed by atoms with E-state index in [9.17, 15) is 13.2 Å². The summed E-state index contributed by atoms with van der Waals surface area (Å²) in [4.78, 5) is 11.1. The predicted molar refractivity (Wildman–Crippen MR) is 89.5 cm³/mol. The standard InChI is InChI=1S/C16H25NO6S/c1-3-22-12-13-23-14-7-9-15(10-8-14)24(19,20)17-11-5-4-6-16(18)21-2/h7-10,17H,3-6,11-13H2,1-2H3.